The molecule has 0 spiro atoms. The molecule has 116 valence electrons. The van der Waals surface area contributed by atoms with E-state index in [9.17, 15) is 0 Å². The number of thioether (sulfide) groups is 1. The summed E-state index contributed by atoms with van der Waals surface area (Å²) in [5.41, 5.74) is 1.01. The number of hydrogen-bond acceptors (Lipinski definition) is 4. The number of hydrogen-bond donors (Lipinski definition) is 0. The summed E-state index contributed by atoms with van der Waals surface area (Å²) in [6.45, 7) is 0. The second-order valence-electron chi connectivity index (χ2n) is 4.64. The van der Waals surface area contributed by atoms with Gasteiger partial charge in [-0.2, -0.15) is 0 Å². The van der Waals surface area contributed by atoms with Crippen LogP contribution in [0.25, 0.3) is 0 Å². The number of nitrogens with zero attached hydrogens (tertiary/aromatic N) is 1. The van der Waals surface area contributed by atoms with Crippen molar-refractivity contribution < 1.29 is 0 Å². The molecule has 0 atom stereocenters. The minimum Gasteiger partial charge on any atom is -0.254 e. The topological polar surface area (TPSA) is 12.4 Å². The molecule has 1 nitrogen and oxygen atoms in total. The van der Waals surface area contributed by atoms with E-state index in [0.29, 0.717) is 0 Å². The summed E-state index contributed by atoms with van der Waals surface area (Å²) in [5, 5.41) is 0.765. The first-order valence-electron chi connectivity index (χ1n) is 6.95. The molecule has 0 radical (unpaired) electrons. The van der Waals surface area contributed by atoms with E-state index < -0.39 is 0 Å². The van der Waals surface area contributed by atoms with Gasteiger partial charge in [-0.05, 0) is 54.8 Å². The van der Waals surface area contributed by atoms with Gasteiger partial charge in [0.2, 0.25) is 0 Å². The molecular formula is C18H14ClNS3. The van der Waals surface area contributed by atoms with Crippen LogP contribution >= 0.6 is 46.5 Å². The smallest absolute Gasteiger partial charge is 0.0765 e. The fraction of sp³-hybridized carbons (Fsp3) is 0.0556. The van der Waals surface area contributed by atoms with Crippen LogP contribution in [0.4, 0.5) is 5.69 Å². The van der Waals surface area contributed by atoms with Crippen molar-refractivity contribution in [3.63, 3.8) is 0 Å². The molecule has 0 N–H and O–H groups in total. The molecule has 0 fully saturated rings. The highest BCUT2D eigenvalue weighted by atomic mass is 35.5. The van der Waals surface area contributed by atoms with Gasteiger partial charge in [0.1, 0.15) is 0 Å². The molecule has 5 heteroatoms. The third kappa shape index (κ3) is 4.64. The zero-order valence-electron chi connectivity index (χ0n) is 12.4. The Morgan fingerprint density at radius 1 is 1.00 bits per heavy atom. The number of thiophene rings is 1. The first-order valence-corrected chi connectivity index (χ1v) is 10.2. The second-order valence-corrected chi connectivity index (χ2v) is 8.42. The van der Waals surface area contributed by atoms with Crippen LogP contribution in [0.2, 0.25) is 5.02 Å². The molecule has 0 saturated heterocycles. The van der Waals surface area contributed by atoms with E-state index in [1.807, 2.05) is 48.7 Å². The van der Waals surface area contributed by atoms with Crippen molar-refractivity contribution >= 4 is 58.4 Å². The van der Waals surface area contributed by atoms with E-state index in [-0.39, 0.29) is 0 Å². The predicted molar refractivity (Wildman–Crippen MR) is 105 cm³/mol. The Hall–Kier alpha value is -1.20. The third-order valence-electron chi connectivity index (χ3n) is 3.05. The van der Waals surface area contributed by atoms with Gasteiger partial charge < -0.3 is 0 Å². The molecule has 0 aliphatic carbocycles. The standard InChI is InChI=1S/C18H14ClNS3/c1-21-17-5-3-2-4-16(17)20-12-15-10-11-18(23-15)22-14-8-6-13(19)7-9-14/h2-12H,1H3. The Morgan fingerprint density at radius 3 is 2.57 bits per heavy atom. The average molecular weight is 376 g/mol. The summed E-state index contributed by atoms with van der Waals surface area (Å²) in [6, 6.07) is 20.3. The van der Waals surface area contributed by atoms with Crippen LogP contribution in [-0.2, 0) is 0 Å². The van der Waals surface area contributed by atoms with Gasteiger partial charge in [-0.15, -0.1) is 23.1 Å². The second kappa shape index (κ2) is 8.06. The lowest BCUT2D eigenvalue weighted by Gasteiger charge is -2.00. The summed E-state index contributed by atoms with van der Waals surface area (Å²) in [5.74, 6) is 0. The zero-order chi connectivity index (χ0) is 16.1. The van der Waals surface area contributed by atoms with Gasteiger partial charge >= 0.3 is 0 Å². The molecule has 0 aliphatic rings. The summed E-state index contributed by atoms with van der Waals surface area (Å²) in [7, 11) is 0. The minimum absolute atomic E-state index is 0.765. The van der Waals surface area contributed by atoms with Gasteiger partial charge in [-0.25, -0.2) is 0 Å². The molecule has 0 bridgehead atoms. The molecule has 0 saturated carbocycles. The Labute approximate surface area is 153 Å². The number of benzene rings is 2. The number of para-hydroxylation sites is 1. The van der Waals surface area contributed by atoms with Gasteiger partial charge in [-0.3, -0.25) is 4.99 Å². The van der Waals surface area contributed by atoms with Crippen LogP contribution < -0.4 is 0 Å². The van der Waals surface area contributed by atoms with Crippen molar-refractivity contribution in [2.24, 2.45) is 4.99 Å². The van der Waals surface area contributed by atoms with Crippen LogP contribution in [0.3, 0.4) is 0 Å². The molecular weight excluding hydrogens is 362 g/mol. The van der Waals surface area contributed by atoms with Crippen molar-refractivity contribution in [1.29, 1.82) is 0 Å². The van der Waals surface area contributed by atoms with Crippen LogP contribution in [-0.4, -0.2) is 12.5 Å². The molecule has 3 aromatic rings. The van der Waals surface area contributed by atoms with E-state index in [1.54, 1.807) is 34.9 Å². The molecule has 2 aromatic carbocycles. The average Bonchev–Trinajstić information content (AvgIpc) is 3.03. The quantitative estimate of drug-likeness (QED) is 0.350. The van der Waals surface area contributed by atoms with E-state index in [1.165, 1.54) is 14.0 Å². The molecule has 0 unspecified atom stereocenters. The van der Waals surface area contributed by atoms with Crippen LogP contribution in [0.5, 0.6) is 0 Å². The maximum absolute atomic E-state index is 5.92. The first-order chi connectivity index (χ1) is 11.2. The Kier molecular flexibility index (Phi) is 5.84. The number of aliphatic imine (C=N–C) groups is 1. The lowest BCUT2D eigenvalue weighted by molar-refractivity contribution is 1.39. The third-order valence-corrected chi connectivity index (χ3v) is 6.25. The number of rotatable bonds is 5. The fourth-order valence-corrected chi connectivity index (χ4v) is 4.61. The maximum atomic E-state index is 5.92. The molecule has 0 aliphatic heterocycles. The van der Waals surface area contributed by atoms with Crippen molar-refractivity contribution in [3.05, 3.63) is 70.6 Å². The summed E-state index contributed by atoms with van der Waals surface area (Å²) >= 11 is 11.1. The molecule has 23 heavy (non-hydrogen) atoms. The van der Waals surface area contributed by atoms with Crippen LogP contribution in [0.15, 0.2) is 79.7 Å². The Balaban J connectivity index is 1.72. The lowest BCUT2D eigenvalue weighted by Crippen LogP contribution is -1.75. The van der Waals surface area contributed by atoms with Gasteiger partial charge in [-0.1, -0.05) is 35.5 Å². The van der Waals surface area contributed by atoms with E-state index >= 15 is 0 Å². The van der Waals surface area contributed by atoms with E-state index in [2.05, 4.69) is 29.4 Å². The van der Waals surface area contributed by atoms with E-state index in [4.69, 9.17) is 11.6 Å². The SMILES string of the molecule is CSc1ccccc1N=Cc1ccc(Sc2ccc(Cl)cc2)s1. The van der Waals surface area contributed by atoms with Crippen LogP contribution in [0.1, 0.15) is 4.88 Å². The molecule has 1 heterocycles. The zero-order valence-corrected chi connectivity index (χ0v) is 15.6. The lowest BCUT2D eigenvalue weighted by atomic mass is 10.3. The van der Waals surface area contributed by atoms with Crippen molar-refractivity contribution in [3.8, 4) is 0 Å². The van der Waals surface area contributed by atoms with Crippen LogP contribution in [0, 0.1) is 0 Å². The molecule has 3 rings (SSSR count). The predicted octanol–water partition coefficient (Wildman–Crippen LogP) is 7.03. The number of halogens is 1. The van der Waals surface area contributed by atoms with Crippen molar-refractivity contribution in [2.45, 2.75) is 14.0 Å². The van der Waals surface area contributed by atoms with Gasteiger partial charge in [0.15, 0.2) is 0 Å². The highest BCUT2D eigenvalue weighted by molar-refractivity contribution is 8.01. The van der Waals surface area contributed by atoms with E-state index in [0.717, 1.165) is 15.6 Å². The summed E-state index contributed by atoms with van der Waals surface area (Å²) in [4.78, 5) is 8.15. The minimum atomic E-state index is 0.765. The van der Waals surface area contributed by atoms with Crippen molar-refractivity contribution in [2.75, 3.05) is 6.26 Å². The van der Waals surface area contributed by atoms with Gasteiger partial charge in [0, 0.05) is 25.9 Å². The Bertz CT molecular complexity index is 809. The fourth-order valence-electron chi connectivity index (χ4n) is 1.95. The highest BCUT2D eigenvalue weighted by Gasteiger charge is 2.02. The van der Waals surface area contributed by atoms with Gasteiger partial charge in [0.25, 0.3) is 0 Å². The highest BCUT2D eigenvalue weighted by Crippen LogP contribution is 2.34. The van der Waals surface area contributed by atoms with Gasteiger partial charge in [0.05, 0.1) is 9.90 Å². The first kappa shape index (κ1) is 16.7. The molecule has 0 amide bonds. The normalized spacial score (nSPS) is 11.2. The monoisotopic (exact) mass is 375 g/mol. The van der Waals surface area contributed by atoms with Crippen molar-refractivity contribution in [1.82, 2.24) is 0 Å². The summed E-state index contributed by atoms with van der Waals surface area (Å²) in [6.07, 6.45) is 4.01. The Morgan fingerprint density at radius 2 is 1.78 bits per heavy atom. The summed E-state index contributed by atoms with van der Waals surface area (Å²) < 4.78 is 1.24. The molecule has 1 aromatic heterocycles. The maximum Gasteiger partial charge on any atom is 0.0765 e. The largest absolute Gasteiger partial charge is 0.254 e.